The molecule has 0 amide bonds. The van der Waals surface area contributed by atoms with Gasteiger partial charge in [-0.2, -0.15) is 0 Å². The number of unbranched alkanes of at least 4 members (excludes halogenated alkanes) is 1. The van der Waals surface area contributed by atoms with E-state index in [0.717, 1.165) is 19.3 Å². The van der Waals surface area contributed by atoms with Crippen LogP contribution in [0.4, 0.5) is 0 Å². The number of carboxylic acids is 1. The van der Waals surface area contributed by atoms with E-state index in [4.69, 9.17) is 19.3 Å². The molecule has 126 valence electrons. The number of allylic oxidation sites excluding steroid dienone is 1. The molecule has 1 rings (SSSR count). The molecule has 6 nitrogen and oxygen atoms in total. The molecule has 0 unspecified atom stereocenters. The van der Waals surface area contributed by atoms with Crippen molar-refractivity contribution in [1.82, 2.24) is 0 Å². The number of aliphatic hydroxyl groups is 1. The van der Waals surface area contributed by atoms with Gasteiger partial charge in [0.05, 0.1) is 24.7 Å². The second-order valence-corrected chi connectivity index (χ2v) is 5.37. The van der Waals surface area contributed by atoms with Crippen LogP contribution in [0.25, 0.3) is 0 Å². The SMILES string of the molecule is COCO[C@H]1C=C[C@@H](/C=C/CCC[C@@H](C)O)O[C@@H]1CC(=O)O. The molecular weight excluding hydrogens is 288 g/mol. The molecule has 2 N–H and O–H groups in total. The highest BCUT2D eigenvalue weighted by atomic mass is 16.7. The lowest BCUT2D eigenvalue weighted by atomic mass is 10.0. The van der Waals surface area contributed by atoms with Gasteiger partial charge >= 0.3 is 5.97 Å². The number of aliphatic carboxylic acids is 1. The standard InChI is InChI=1S/C16H26O6/c1-12(17)6-4-3-5-7-13-8-9-14(21-11-20-2)15(22-13)10-16(18)19/h5,7-9,12-15,17H,3-4,6,10-11H2,1-2H3,(H,18,19)/b7-5+/t12-,13-,14+,15-/m1/s1. The van der Waals surface area contributed by atoms with Crippen LogP contribution in [0.3, 0.4) is 0 Å². The number of hydrogen-bond donors (Lipinski definition) is 2. The number of aliphatic hydroxyl groups excluding tert-OH is 1. The van der Waals surface area contributed by atoms with Crippen molar-refractivity contribution in [2.75, 3.05) is 13.9 Å². The Kier molecular flexibility index (Phi) is 9.00. The number of rotatable bonds is 10. The van der Waals surface area contributed by atoms with Gasteiger partial charge < -0.3 is 24.4 Å². The minimum absolute atomic E-state index is 0.0916. The molecule has 0 radical (unpaired) electrons. The van der Waals surface area contributed by atoms with Gasteiger partial charge in [0.25, 0.3) is 0 Å². The van der Waals surface area contributed by atoms with Crippen LogP contribution in [-0.4, -0.2) is 54.5 Å². The first-order valence-corrected chi connectivity index (χ1v) is 7.53. The van der Waals surface area contributed by atoms with Crippen molar-refractivity contribution >= 4 is 5.97 Å². The number of carbonyl (C=O) groups is 1. The first kappa shape index (κ1) is 18.8. The normalized spacial score (nSPS) is 26.4. The molecule has 1 heterocycles. The van der Waals surface area contributed by atoms with Crippen LogP contribution >= 0.6 is 0 Å². The molecule has 6 heteroatoms. The summed E-state index contributed by atoms with van der Waals surface area (Å²) in [7, 11) is 1.51. The highest BCUT2D eigenvalue weighted by Crippen LogP contribution is 2.20. The van der Waals surface area contributed by atoms with E-state index in [9.17, 15) is 9.90 Å². The molecule has 0 aromatic carbocycles. The van der Waals surface area contributed by atoms with Gasteiger partial charge in [-0.1, -0.05) is 24.3 Å². The van der Waals surface area contributed by atoms with Crippen LogP contribution in [0.1, 0.15) is 32.6 Å². The molecule has 0 spiro atoms. The van der Waals surface area contributed by atoms with Gasteiger partial charge in [-0.05, 0) is 26.2 Å². The zero-order valence-electron chi connectivity index (χ0n) is 13.2. The maximum absolute atomic E-state index is 10.9. The number of hydrogen-bond acceptors (Lipinski definition) is 5. The van der Waals surface area contributed by atoms with Crippen LogP contribution in [0.5, 0.6) is 0 Å². The van der Waals surface area contributed by atoms with E-state index in [-0.39, 0.29) is 25.4 Å². The third kappa shape index (κ3) is 7.70. The van der Waals surface area contributed by atoms with Gasteiger partial charge in [0.15, 0.2) is 0 Å². The Bertz CT molecular complexity index is 377. The van der Waals surface area contributed by atoms with Crippen LogP contribution in [0.15, 0.2) is 24.3 Å². The summed E-state index contributed by atoms with van der Waals surface area (Å²) >= 11 is 0. The topological polar surface area (TPSA) is 85.2 Å². The third-order valence-electron chi connectivity index (χ3n) is 3.26. The zero-order chi connectivity index (χ0) is 16.4. The fourth-order valence-corrected chi connectivity index (χ4v) is 2.18. The molecule has 0 fully saturated rings. The predicted molar refractivity (Wildman–Crippen MR) is 81.5 cm³/mol. The smallest absolute Gasteiger partial charge is 0.306 e. The molecule has 4 atom stereocenters. The maximum Gasteiger partial charge on any atom is 0.306 e. The molecule has 0 saturated heterocycles. The molecular formula is C16H26O6. The van der Waals surface area contributed by atoms with Gasteiger partial charge in [-0.15, -0.1) is 0 Å². The van der Waals surface area contributed by atoms with Gasteiger partial charge in [0, 0.05) is 7.11 Å². The Hall–Kier alpha value is -1.21. The Morgan fingerprint density at radius 1 is 1.45 bits per heavy atom. The second kappa shape index (κ2) is 10.5. The summed E-state index contributed by atoms with van der Waals surface area (Å²) in [6.45, 7) is 1.86. The zero-order valence-corrected chi connectivity index (χ0v) is 13.2. The first-order valence-electron chi connectivity index (χ1n) is 7.53. The Morgan fingerprint density at radius 2 is 2.23 bits per heavy atom. The average Bonchev–Trinajstić information content (AvgIpc) is 2.45. The second-order valence-electron chi connectivity index (χ2n) is 5.37. The van der Waals surface area contributed by atoms with Crippen LogP contribution in [0.2, 0.25) is 0 Å². The largest absolute Gasteiger partial charge is 0.481 e. The lowest BCUT2D eigenvalue weighted by Gasteiger charge is -2.30. The molecule has 0 saturated carbocycles. The molecule has 22 heavy (non-hydrogen) atoms. The summed E-state index contributed by atoms with van der Waals surface area (Å²) in [5.41, 5.74) is 0. The summed E-state index contributed by atoms with van der Waals surface area (Å²) in [6, 6.07) is 0. The first-order chi connectivity index (χ1) is 10.5. The van der Waals surface area contributed by atoms with Crippen molar-refractivity contribution in [3.05, 3.63) is 24.3 Å². The van der Waals surface area contributed by atoms with E-state index < -0.39 is 18.2 Å². The predicted octanol–water partition coefficient (Wildman–Crippen LogP) is 1.88. The van der Waals surface area contributed by atoms with E-state index in [0.29, 0.717) is 0 Å². The lowest BCUT2D eigenvalue weighted by Crippen LogP contribution is -2.38. The van der Waals surface area contributed by atoms with Crippen LogP contribution < -0.4 is 0 Å². The summed E-state index contributed by atoms with van der Waals surface area (Å²) in [5, 5.41) is 18.1. The van der Waals surface area contributed by atoms with Gasteiger partial charge in [-0.25, -0.2) is 0 Å². The number of ether oxygens (including phenoxy) is 3. The lowest BCUT2D eigenvalue weighted by molar-refractivity contribution is -0.151. The molecule has 0 aromatic heterocycles. The summed E-state index contributed by atoms with van der Waals surface area (Å²) in [5.74, 6) is -0.925. The number of methoxy groups -OCH3 is 1. The highest BCUT2D eigenvalue weighted by Gasteiger charge is 2.29. The Morgan fingerprint density at radius 3 is 2.86 bits per heavy atom. The monoisotopic (exact) mass is 314 g/mol. The van der Waals surface area contributed by atoms with Crippen molar-refractivity contribution < 1.29 is 29.2 Å². The van der Waals surface area contributed by atoms with E-state index in [2.05, 4.69) is 0 Å². The highest BCUT2D eigenvalue weighted by molar-refractivity contribution is 5.67. The van der Waals surface area contributed by atoms with Crippen molar-refractivity contribution in [1.29, 1.82) is 0 Å². The fraction of sp³-hybridized carbons (Fsp3) is 0.688. The van der Waals surface area contributed by atoms with Gasteiger partial charge in [0.1, 0.15) is 12.9 Å². The van der Waals surface area contributed by atoms with Crippen molar-refractivity contribution in [2.45, 2.75) is 57.0 Å². The molecule has 0 aromatic rings. The summed E-state index contributed by atoms with van der Waals surface area (Å²) in [6.07, 6.45) is 8.48. The van der Waals surface area contributed by atoms with E-state index in [1.807, 2.05) is 24.3 Å². The minimum Gasteiger partial charge on any atom is -0.481 e. The number of carboxylic acid groups (broad SMARTS) is 1. The molecule has 0 bridgehead atoms. The summed E-state index contributed by atoms with van der Waals surface area (Å²) in [4.78, 5) is 10.9. The quantitative estimate of drug-likeness (QED) is 0.364. The van der Waals surface area contributed by atoms with Crippen molar-refractivity contribution in [2.24, 2.45) is 0 Å². The van der Waals surface area contributed by atoms with E-state index in [1.54, 1.807) is 6.92 Å². The summed E-state index contributed by atoms with van der Waals surface area (Å²) < 4.78 is 16.0. The third-order valence-corrected chi connectivity index (χ3v) is 3.26. The van der Waals surface area contributed by atoms with Crippen LogP contribution in [0, 0.1) is 0 Å². The van der Waals surface area contributed by atoms with Gasteiger partial charge in [-0.3, -0.25) is 4.79 Å². The fourth-order valence-electron chi connectivity index (χ4n) is 2.18. The minimum atomic E-state index is -0.925. The van der Waals surface area contributed by atoms with E-state index >= 15 is 0 Å². The van der Waals surface area contributed by atoms with E-state index in [1.165, 1.54) is 7.11 Å². The van der Waals surface area contributed by atoms with Crippen molar-refractivity contribution in [3.8, 4) is 0 Å². The molecule has 0 aliphatic carbocycles. The molecule has 1 aliphatic rings. The van der Waals surface area contributed by atoms with Gasteiger partial charge in [0.2, 0.25) is 0 Å². The average molecular weight is 314 g/mol. The maximum atomic E-state index is 10.9. The Balaban J connectivity index is 2.49. The Labute approximate surface area is 131 Å². The van der Waals surface area contributed by atoms with Crippen molar-refractivity contribution in [3.63, 3.8) is 0 Å². The van der Waals surface area contributed by atoms with Crippen LogP contribution in [-0.2, 0) is 19.0 Å². The molecule has 1 aliphatic heterocycles.